The number of carbonyl (C=O) groups excluding carboxylic acids is 1. The molecule has 7 heteroatoms. The fourth-order valence-corrected chi connectivity index (χ4v) is 2.43. The molecule has 21 heavy (non-hydrogen) atoms. The van der Waals surface area contributed by atoms with Crippen LogP contribution in [-0.4, -0.2) is 32.6 Å². The molecule has 0 aromatic carbocycles. The van der Waals surface area contributed by atoms with Crippen LogP contribution >= 0.6 is 0 Å². The van der Waals surface area contributed by atoms with Crippen molar-refractivity contribution in [3.63, 3.8) is 0 Å². The molecule has 1 aliphatic rings. The maximum atomic E-state index is 12.2. The Morgan fingerprint density at radius 2 is 2.19 bits per heavy atom. The van der Waals surface area contributed by atoms with Crippen LogP contribution in [0.25, 0.3) is 0 Å². The van der Waals surface area contributed by atoms with Crippen molar-refractivity contribution in [2.75, 3.05) is 7.11 Å². The van der Waals surface area contributed by atoms with Crippen molar-refractivity contribution >= 4 is 5.91 Å². The molecule has 1 aliphatic carbocycles. The minimum atomic E-state index is -0.210. The van der Waals surface area contributed by atoms with E-state index in [0.29, 0.717) is 23.9 Å². The molecular formula is C14H19N5O2. The summed E-state index contributed by atoms with van der Waals surface area (Å²) in [6.07, 6.45) is 4.11. The zero-order valence-electron chi connectivity index (χ0n) is 12.5. The van der Waals surface area contributed by atoms with Gasteiger partial charge in [0.1, 0.15) is 5.56 Å². The van der Waals surface area contributed by atoms with Gasteiger partial charge in [-0.3, -0.25) is 14.2 Å². The predicted molar refractivity (Wildman–Crippen MR) is 76.1 cm³/mol. The Kier molecular flexibility index (Phi) is 3.40. The quantitative estimate of drug-likeness (QED) is 0.890. The number of nitrogens with one attached hydrogen (secondary N) is 1. The van der Waals surface area contributed by atoms with Crippen LogP contribution in [-0.2, 0) is 20.6 Å². The van der Waals surface area contributed by atoms with Gasteiger partial charge in [0, 0.05) is 31.9 Å². The van der Waals surface area contributed by atoms with Crippen molar-refractivity contribution < 1.29 is 9.53 Å². The van der Waals surface area contributed by atoms with Crippen molar-refractivity contribution in [3.8, 4) is 5.88 Å². The van der Waals surface area contributed by atoms with Gasteiger partial charge in [0.25, 0.3) is 5.91 Å². The van der Waals surface area contributed by atoms with Crippen LogP contribution in [0.1, 0.15) is 40.5 Å². The van der Waals surface area contributed by atoms with E-state index >= 15 is 0 Å². The van der Waals surface area contributed by atoms with E-state index in [2.05, 4.69) is 21.6 Å². The van der Waals surface area contributed by atoms with E-state index in [-0.39, 0.29) is 5.91 Å². The first kappa shape index (κ1) is 13.7. The second kappa shape index (κ2) is 5.23. The standard InChI is InChI=1S/C14H19N5O2/c1-18-8-11(14(17-18)21-3)13(20)15-7-10-6-12(9-4-5-9)19(2)16-10/h6,8-9H,4-5,7H2,1-3H3,(H,15,20). The Hall–Kier alpha value is -2.31. The number of hydrogen-bond acceptors (Lipinski definition) is 4. The van der Waals surface area contributed by atoms with Crippen molar-refractivity contribution in [1.29, 1.82) is 0 Å². The van der Waals surface area contributed by atoms with Crippen LogP contribution in [0.15, 0.2) is 12.3 Å². The molecule has 0 aliphatic heterocycles. The van der Waals surface area contributed by atoms with Crippen molar-refractivity contribution in [1.82, 2.24) is 24.9 Å². The number of aromatic nitrogens is 4. The number of amides is 1. The summed E-state index contributed by atoms with van der Waals surface area (Å²) in [5.41, 5.74) is 2.55. The van der Waals surface area contributed by atoms with Crippen LogP contribution < -0.4 is 10.1 Å². The van der Waals surface area contributed by atoms with E-state index in [1.165, 1.54) is 25.6 Å². The Bertz CT molecular complexity index is 669. The fraction of sp³-hybridized carbons (Fsp3) is 0.500. The van der Waals surface area contributed by atoms with Crippen molar-refractivity contribution in [2.45, 2.75) is 25.3 Å². The smallest absolute Gasteiger partial charge is 0.258 e. The molecule has 112 valence electrons. The van der Waals surface area contributed by atoms with E-state index < -0.39 is 0 Å². The average Bonchev–Trinajstić information content (AvgIpc) is 3.13. The lowest BCUT2D eigenvalue weighted by molar-refractivity contribution is 0.0947. The van der Waals surface area contributed by atoms with Gasteiger partial charge in [0.2, 0.25) is 5.88 Å². The lowest BCUT2D eigenvalue weighted by Crippen LogP contribution is -2.23. The predicted octanol–water partition coefficient (Wildman–Crippen LogP) is 0.970. The maximum Gasteiger partial charge on any atom is 0.258 e. The third kappa shape index (κ3) is 2.76. The highest BCUT2D eigenvalue weighted by molar-refractivity contribution is 5.96. The second-order valence-electron chi connectivity index (χ2n) is 5.37. The Morgan fingerprint density at radius 1 is 1.43 bits per heavy atom. The first-order chi connectivity index (χ1) is 10.1. The number of ether oxygens (including phenoxy) is 1. The van der Waals surface area contributed by atoms with E-state index in [1.54, 1.807) is 17.9 Å². The number of nitrogens with zero attached hydrogens (tertiary/aromatic N) is 4. The Morgan fingerprint density at radius 3 is 2.86 bits per heavy atom. The number of methoxy groups -OCH3 is 1. The molecule has 2 aromatic rings. The molecule has 3 rings (SSSR count). The molecule has 0 unspecified atom stereocenters. The van der Waals surface area contributed by atoms with Gasteiger partial charge in [-0.25, -0.2) is 0 Å². The summed E-state index contributed by atoms with van der Waals surface area (Å²) >= 11 is 0. The van der Waals surface area contributed by atoms with Crippen molar-refractivity contribution in [2.24, 2.45) is 14.1 Å². The molecule has 7 nitrogen and oxygen atoms in total. The first-order valence-corrected chi connectivity index (χ1v) is 6.97. The van der Waals surface area contributed by atoms with Crippen molar-refractivity contribution in [3.05, 3.63) is 29.2 Å². The molecule has 2 aromatic heterocycles. The molecule has 0 radical (unpaired) electrons. The number of carbonyl (C=O) groups is 1. The third-order valence-electron chi connectivity index (χ3n) is 3.63. The Balaban J connectivity index is 1.66. The highest BCUT2D eigenvalue weighted by Crippen LogP contribution is 2.39. The molecule has 1 N–H and O–H groups in total. The summed E-state index contributed by atoms with van der Waals surface area (Å²) in [4.78, 5) is 12.2. The zero-order valence-corrected chi connectivity index (χ0v) is 12.5. The third-order valence-corrected chi connectivity index (χ3v) is 3.63. The summed E-state index contributed by atoms with van der Waals surface area (Å²) < 4.78 is 8.55. The zero-order chi connectivity index (χ0) is 15.0. The van der Waals surface area contributed by atoms with Gasteiger partial charge in [0.15, 0.2) is 0 Å². The maximum absolute atomic E-state index is 12.2. The van der Waals surface area contributed by atoms with Crippen LogP contribution in [0.3, 0.4) is 0 Å². The lowest BCUT2D eigenvalue weighted by Gasteiger charge is -2.02. The molecule has 0 bridgehead atoms. The molecule has 2 heterocycles. The summed E-state index contributed by atoms with van der Waals surface area (Å²) in [6.45, 7) is 0.400. The van der Waals surface area contributed by atoms with Crippen LogP contribution in [0, 0.1) is 0 Å². The summed E-state index contributed by atoms with van der Waals surface area (Å²) in [5.74, 6) is 0.763. The largest absolute Gasteiger partial charge is 0.479 e. The second-order valence-corrected chi connectivity index (χ2v) is 5.37. The van der Waals surface area contributed by atoms with E-state index in [1.807, 2.05) is 11.7 Å². The number of rotatable bonds is 5. The SMILES string of the molecule is COc1nn(C)cc1C(=O)NCc1cc(C2CC2)n(C)n1. The summed E-state index contributed by atoms with van der Waals surface area (Å²) in [5, 5.41) is 11.4. The van der Waals surface area contributed by atoms with Crippen LogP contribution in [0.5, 0.6) is 5.88 Å². The summed E-state index contributed by atoms with van der Waals surface area (Å²) in [7, 11) is 5.20. The van der Waals surface area contributed by atoms with Gasteiger partial charge < -0.3 is 10.1 Å². The first-order valence-electron chi connectivity index (χ1n) is 6.97. The number of hydrogen-bond donors (Lipinski definition) is 1. The van der Waals surface area contributed by atoms with Gasteiger partial charge in [0.05, 0.1) is 19.3 Å². The molecule has 0 atom stereocenters. The lowest BCUT2D eigenvalue weighted by atomic mass is 10.2. The molecule has 1 saturated carbocycles. The van der Waals surface area contributed by atoms with E-state index in [4.69, 9.17) is 4.74 Å². The van der Waals surface area contributed by atoms with E-state index in [9.17, 15) is 4.79 Å². The summed E-state index contributed by atoms with van der Waals surface area (Å²) in [6, 6.07) is 2.07. The monoisotopic (exact) mass is 289 g/mol. The fourth-order valence-electron chi connectivity index (χ4n) is 2.43. The highest BCUT2D eigenvalue weighted by atomic mass is 16.5. The molecule has 1 amide bonds. The molecule has 0 saturated heterocycles. The topological polar surface area (TPSA) is 74.0 Å². The minimum Gasteiger partial charge on any atom is -0.479 e. The van der Waals surface area contributed by atoms with Gasteiger partial charge in [-0.15, -0.1) is 5.10 Å². The molecule has 0 spiro atoms. The van der Waals surface area contributed by atoms with Gasteiger partial charge in [-0.1, -0.05) is 0 Å². The van der Waals surface area contributed by atoms with Crippen LogP contribution in [0.4, 0.5) is 0 Å². The molecular weight excluding hydrogens is 270 g/mol. The average molecular weight is 289 g/mol. The van der Waals surface area contributed by atoms with Gasteiger partial charge in [-0.05, 0) is 18.9 Å². The minimum absolute atomic E-state index is 0.210. The highest BCUT2D eigenvalue weighted by Gasteiger charge is 2.27. The van der Waals surface area contributed by atoms with Gasteiger partial charge >= 0.3 is 0 Å². The van der Waals surface area contributed by atoms with Crippen LogP contribution in [0.2, 0.25) is 0 Å². The normalized spacial score (nSPS) is 14.2. The molecule has 1 fully saturated rings. The van der Waals surface area contributed by atoms with E-state index in [0.717, 1.165) is 5.69 Å². The van der Waals surface area contributed by atoms with Gasteiger partial charge in [-0.2, -0.15) is 5.10 Å². The number of aryl methyl sites for hydroxylation is 2. The Labute approximate surface area is 122 Å².